The van der Waals surface area contributed by atoms with Gasteiger partial charge < -0.3 is 40.1 Å². The molecule has 8 rings (SSSR count). The minimum Gasteiger partial charge on any atom is -0.453 e. The summed E-state index contributed by atoms with van der Waals surface area (Å²) in [6.07, 6.45) is 5.69. The average Bonchev–Trinajstić information content (AvgIpc) is 4.17. The second-order valence-corrected chi connectivity index (χ2v) is 17.7. The number of anilines is 3. The van der Waals surface area contributed by atoms with Gasteiger partial charge in [-0.25, -0.2) is 9.18 Å². The highest BCUT2D eigenvalue weighted by molar-refractivity contribution is 5.99. The Bertz CT molecular complexity index is 2290. The molecular weight excluding hydrogens is 842 g/mol. The number of piperidine rings is 1. The lowest BCUT2D eigenvalue weighted by Gasteiger charge is -2.37. The van der Waals surface area contributed by atoms with Gasteiger partial charge in [-0.3, -0.25) is 24.1 Å². The molecule has 14 nitrogen and oxygen atoms in total. The fourth-order valence-corrected chi connectivity index (χ4v) is 9.82. The molecule has 5 atom stereocenters. The van der Waals surface area contributed by atoms with Crippen LogP contribution in [0, 0.1) is 11.7 Å². The highest BCUT2D eigenvalue weighted by Gasteiger charge is 2.42. The molecule has 348 valence electrons. The van der Waals surface area contributed by atoms with E-state index in [1.165, 1.54) is 19.2 Å². The van der Waals surface area contributed by atoms with E-state index >= 15 is 0 Å². The number of nitrogens with one attached hydrogen (secondary N) is 3. The lowest BCUT2D eigenvalue weighted by atomic mass is 9.97. The van der Waals surface area contributed by atoms with Crippen LogP contribution in [0.5, 0.6) is 0 Å². The van der Waals surface area contributed by atoms with Crippen LogP contribution in [0.15, 0.2) is 103 Å². The van der Waals surface area contributed by atoms with Crippen molar-refractivity contribution in [1.29, 1.82) is 0 Å². The minimum absolute atomic E-state index is 0.0169. The highest BCUT2D eigenvalue weighted by Crippen LogP contribution is 2.31. The Kier molecular flexibility index (Phi) is 15.3. The summed E-state index contributed by atoms with van der Waals surface area (Å²) in [5, 5.41) is 8.73. The molecule has 4 heterocycles. The summed E-state index contributed by atoms with van der Waals surface area (Å²) in [5.74, 6) is -1.40. The maximum atomic E-state index is 14.3. The summed E-state index contributed by atoms with van der Waals surface area (Å²) >= 11 is 0. The number of halogens is 1. The fraction of sp³-hybridized carbons (Fsp3) is 0.431. The van der Waals surface area contributed by atoms with Crippen LogP contribution < -0.4 is 20.9 Å². The van der Waals surface area contributed by atoms with Crippen LogP contribution in [0.3, 0.4) is 0 Å². The molecule has 4 aliphatic heterocycles. The molecule has 4 saturated heterocycles. The van der Waals surface area contributed by atoms with E-state index in [0.717, 1.165) is 61.2 Å². The zero-order valence-electron chi connectivity index (χ0n) is 37.5. The summed E-state index contributed by atoms with van der Waals surface area (Å²) in [7, 11) is 1.25. The van der Waals surface area contributed by atoms with Gasteiger partial charge in [-0.05, 0) is 123 Å². The van der Waals surface area contributed by atoms with Crippen LogP contribution in [-0.2, 0) is 41.7 Å². The number of methoxy groups -OCH3 is 1. The molecule has 4 fully saturated rings. The van der Waals surface area contributed by atoms with E-state index in [1.807, 2.05) is 78.9 Å². The number of alkyl carbamates (subject to hydrolysis) is 1. The minimum atomic E-state index is -0.857. The normalized spacial score (nSPS) is 20.6. The molecule has 3 N–H and O–H groups in total. The molecule has 15 heteroatoms. The summed E-state index contributed by atoms with van der Waals surface area (Å²) in [6.45, 7) is 4.43. The molecule has 66 heavy (non-hydrogen) atoms. The van der Waals surface area contributed by atoms with Crippen molar-refractivity contribution in [3.63, 3.8) is 0 Å². The first-order valence-electron chi connectivity index (χ1n) is 23.3. The molecule has 0 radical (unpaired) electrons. The molecule has 0 aromatic heterocycles. The Balaban J connectivity index is 0.894. The van der Waals surface area contributed by atoms with Gasteiger partial charge in [0, 0.05) is 55.8 Å². The Hall–Kier alpha value is -6.32. The number of nitrogens with zero attached hydrogens (tertiary/aromatic N) is 4. The fourth-order valence-electron chi connectivity index (χ4n) is 9.82. The lowest BCUT2D eigenvalue weighted by molar-refractivity contribution is -0.142. The number of benzene rings is 4. The Labute approximate surface area is 385 Å². The number of ether oxygens (including phenoxy) is 2. The van der Waals surface area contributed by atoms with Crippen LogP contribution in [0.2, 0.25) is 0 Å². The Morgan fingerprint density at radius 3 is 1.77 bits per heavy atom. The van der Waals surface area contributed by atoms with Crippen molar-refractivity contribution in [3.8, 4) is 0 Å². The number of hydrogen-bond acceptors (Lipinski definition) is 9. The van der Waals surface area contributed by atoms with E-state index in [9.17, 15) is 28.4 Å². The van der Waals surface area contributed by atoms with Crippen molar-refractivity contribution < 1.29 is 37.8 Å². The molecule has 0 bridgehead atoms. The summed E-state index contributed by atoms with van der Waals surface area (Å²) < 4.78 is 24.4. The zero-order valence-corrected chi connectivity index (χ0v) is 37.5. The van der Waals surface area contributed by atoms with Crippen LogP contribution in [0.25, 0.3) is 0 Å². The zero-order chi connectivity index (χ0) is 46.0. The van der Waals surface area contributed by atoms with Crippen molar-refractivity contribution in [2.45, 2.75) is 88.6 Å². The van der Waals surface area contributed by atoms with Crippen molar-refractivity contribution in [3.05, 3.63) is 126 Å². The number of amides is 5. The van der Waals surface area contributed by atoms with Gasteiger partial charge in [0.1, 0.15) is 30.0 Å². The van der Waals surface area contributed by atoms with Gasteiger partial charge in [-0.2, -0.15) is 0 Å². The Morgan fingerprint density at radius 1 is 0.682 bits per heavy atom. The molecule has 1 unspecified atom stereocenters. The molecular formula is C51H60FN7O7. The van der Waals surface area contributed by atoms with E-state index in [-0.39, 0.29) is 35.4 Å². The van der Waals surface area contributed by atoms with Crippen LogP contribution in [0.4, 0.5) is 26.2 Å². The van der Waals surface area contributed by atoms with Gasteiger partial charge in [0.05, 0.1) is 13.7 Å². The van der Waals surface area contributed by atoms with E-state index in [4.69, 9.17) is 9.47 Å². The van der Waals surface area contributed by atoms with Gasteiger partial charge in [0.15, 0.2) is 0 Å². The molecule has 0 spiro atoms. The molecule has 4 aliphatic rings. The number of likely N-dealkylation sites (tertiary alicyclic amines) is 3. The first-order chi connectivity index (χ1) is 32.1. The van der Waals surface area contributed by atoms with Crippen molar-refractivity contribution in [1.82, 2.24) is 20.0 Å². The highest BCUT2D eigenvalue weighted by atomic mass is 19.1. The summed E-state index contributed by atoms with van der Waals surface area (Å²) in [6, 6.07) is 28.8. The molecule has 4 aromatic rings. The monoisotopic (exact) mass is 901 g/mol. The van der Waals surface area contributed by atoms with Crippen LogP contribution in [-0.4, -0.2) is 109 Å². The van der Waals surface area contributed by atoms with Crippen LogP contribution in [0.1, 0.15) is 74.1 Å². The first-order valence-corrected chi connectivity index (χ1v) is 23.3. The van der Waals surface area contributed by atoms with Crippen molar-refractivity contribution in [2.24, 2.45) is 5.92 Å². The predicted molar refractivity (Wildman–Crippen MR) is 249 cm³/mol. The SMILES string of the molecule is COC(=O)N[C@H](C(=O)N1CCC[C@H]1C(=O)Nc1ccc(CN(Cc2ccc(NC(=O)[C@@H]3CCCN3C(=O)[C@@H](c3ccccc3)N3CCCCC3)cc2)c2ccc(F)cc2)cc1)C1CCOC1. The lowest BCUT2D eigenvalue weighted by Crippen LogP contribution is -2.55. The third kappa shape index (κ3) is 11.2. The van der Waals surface area contributed by atoms with Crippen LogP contribution >= 0.6 is 0 Å². The van der Waals surface area contributed by atoms with E-state index in [1.54, 1.807) is 21.9 Å². The second kappa shape index (κ2) is 21.8. The van der Waals surface area contributed by atoms with Gasteiger partial charge >= 0.3 is 6.09 Å². The maximum Gasteiger partial charge on any atom is 0.407 e. The number of rotatable bonds is 15. The Morgan fingerprint density at radius 2 is 1.24 bits per heavy atom. The van der Waals surface area contributed by atoms with Gasteiger partial charge in [-0.1, -0.05) is 61.0 Å². The standard InChI is InChI=1S/C51H60FN7O7/c1-65-51(64)55-45(38-26-31-66-34-38)49(62)58-29-8-12-43(58)47(60)53-40-20-14-35(15-21-40)32-57(42-24-18-39(52)19-25-42)33-36-16-22-41(23-17-36)54-48(61)44-13-9-30-59(44)50(63)46(37-10-4-2-5-11-37)56-27-6-3-7-28-56/h2,4-5,10-11,14-25,38,43-46H,3,6-9,12-13,26-34H2,1H3,(H,53,60)(H,54,61)(H,55,64)/t38?,43-,44-,45-,46+/m0/s1. The quantitative estimate of drug-likeness (QED) is 0.116. The van der Waals surface area contributed by atoms with Gasteiger partial charge in [0.2, 0.25) is 23.6 Å². The topological polar surface area (TPSA) is 153 Å². The summed E-state index contributed by atoms with van der Waals surface area (Å²) in [4.78, 5) is 75.4. The molecule has 0 aliphatic carbocycles. The molecule has 0 saturated carbocycles. The number of hydrogen-bond donors (Lipinski definition) is 3. The van der Waals surface area contributed by atoms with Gasteiger partial charge in [-0.15, -0.1) is 0 Å². The van der Waals surface area contributed by atoms with Crippen molar-refractivity contribution >= 4 is 46.8 Å². The van der Waals surface area contributed by atoms with Gasteiger partial charge in [0.25, 0.3) is 0 Å². The maximum absolute atomic E-state index is 14.3. The largest absolute Gasteiger partial charge is 0.453 e. The van der Waals surface area contributed by atoms with E-state index < -0.39 is 30.3 Å². The third-order valence-corrected chi connectivity index (χ3v) is 13.3. The molecule has 4 aromatic carbocycles. The van der Waals surface area contributed by atoms with Crippen molar-refractivity contribution in [2.75, 3.05) is 62.0 Å². The van der Waals surface area contributed by atoms with E-state index in [2.05, 4.69) is 25.8 Å². The number of carbonyl (C=O) groups is 5. The first kappa shape index (κ1) is 46.2. The van der Waals surface area contributed by atoms with E-state index in [0.29, 0.717) is 76.5 Å². The summed E-state index contributed by atoms with van der Waals surface area (Å²) in [5.41, 5.74) is 4.89. The third-order valence-electron chi connectivity index (χ3n) is 13.3. The smallest absolute Gasteiger partial charge is 0.407 e. The average molecular weight is 902 g/mol. The second-order valence-electron chi connectivity index (χ2n) is 17.7. The predicted octanol–water partition coefficient (Wildman–Crippen LogP) is 6.88. The number of carbonyl (C=O) groups excluding carboxylic acids is 5. The molecule has 5 amide bonds.